The van der Waals surface area contributed by atoms with E-state index in [1.807, 2.05) is 6.08 Å². The van der Waals surface area contributed by atoms with Crippen LogP contribution in [0.1, 0.15) is 23.6 Å². The molecular formula is C12H16N2. The molecule has 74 valence electrons. The highest BCUT2D eigenvalue weighted by Gasteiger charge is 2.12. The highest BCUT2D eigenvalue weighted by Crippen LogP contribution is 2.26. The van der Waals surface area contributed by atoms with Gasteiger partial charge in [0.05, 0.1) is 0 Å². The topological polar surface area (TPSA) is 38.0 Å². The Kier molecular flexibility index (Phi) is 2.55. The molecule has 0 saturated heterocycles. The number of nitrogens with one attached hydrogen (secondary N) is 1. The molecule has 2 rings (SSSR count). The molecular weight excluding hydrogens is 172 g/mol. The van der Waals surface area contributed by atoms with Crippen molar-refractivity contribution in [2.75, 3.05) is 11.9 Å². The van der Waals surface area contributed by atoms with E-state index in [0.717, 1.165) is 19.4 Å². The van der Waals surface area contributed by atoms with Crippen LogP contribution in [0.4, 0.5) is 5.69 Å². The molecule has 1 aliphatic rings. The second-order valence-corrected chi connectivity index (χ2v) is 3.72. The predicted molar refractivity (Wildman–Crippen MR) is 60.4 cm³/mol. The highest BCUT2D eigenvalue weighted by molar-refractivity contribution is 5.56. The van der Waals surface area contributed by atoms with Crippen LogP contribution in [0.3, 0.4) is 0 Å². The molecule has 0 radical (unpaired) electrons. The van der Waals surface area contributed by atoms with Crippen LogP contribution < -0.4 is 11.1 Å². The first kappa shape index (κ1) is 9.28. The monoisotopic (exact) mass is 188 g/mol. The van der Waals surface area contributed by atoms with Gasteiger partial charge < -0.3 is 11.1 Å². The molecule has 1 heterocycles. The first-order valence-corrected chi connectivity index (χ1v) is 5.04. The van der Waals surface area contributed by atoms with Gasteiger partial charge in [0.15, 0.2) is 0 Å². The summed E-state index contributed by atoms with van der Waals surface area (Å²) in [7, 11) is 0. The lowest BCUT2D eigenvalue weighted by atomic mass is 10.0. The van der Waals surface area contributed by atoms with Gasteiger partial charge >= 0.3 is 0 Å². The lowest BCUT2D eigenvalue weighted by Gasteiger charge is -2.10. The fraction of sp³-hybridized carbons (Fsp3) is 0.333. The Morgan fingerprint density at radius 3 is 3.21 bits per heavy atom. The van der Waals surface area contributed by atoms with Crippen LogP contribution in [-0.2, 0) is 6.42 Å². The number of nitrogens with two attached hydrogens (primary N) is 1. The maximum atomic E-state index is 6.01. The summed E-state index contributed by atoms with van der Waals surface area (Å²) >= 11 is 0. The molecule has 1 aromatic carbocycles. The van der Waals surface area contributed by atoms with Gasteiger partial charge in [0.2, 0.25) is 0 Å². The Labute approximate surface area is 84.8 Å². The van der Waals surface area contributed by atoms with Gasteiger partial charge in [-0.1, -0.05) is 18.2 Å². The Bertz CT molecular complexity index is 344. The van der Waals surface area contributed by atoms with Crippen LogP contribution in [0.2, 0.25) is 0 Å². The quantitative estimate of drug-likeness (QED) is 0.714. The molecule has 1 aliphatic heterocycles. The summed E-state index contributed by atoms with van der Waals surface area (Å²) in [6.07, 6.45) is 3.83. The maximum absolute atomic E-state index is 6.01. The van der Waals surface area contributed by atoms with Gasteiger partial charge in [0.1, 0.15) is 0 Å². The molecule has 0 saturated carbocycles. The summed E-state index contributed by atoms with van der Waals surface area (Å²) < 4.78 is 0. The van der Waals surface area contributed by atoms with Gasteiger partial charge in [0, 0.05) is 18.3 Å². The smallest absolute Gasteiger partial charge is 0.0373 e. The van der Waals surface area contributed by atoms with Crippen molar-refractivity contribution in [3.8, 4) is 0 Å². The SMILES string of the molecule is C=CC[C@@H](N)c1ccc2c(c1)CCN2. The minimum absolute atomic E-state index is 0.0957. The lowest BCUT2D eigenvalue weighted by molar-refractivity contribution is 0.741. The third kappa shape index (κ3) is 1.66. The first-order chi connectivity index (χ1) is 6.81. The van der Waals surface area contributed by atoms with Crippen molar-refractivity contribution in [2.45, 2.75) is 18.9 Å². The summed E-state index contributed by atoms with van der Waals surface area (Å²) in [6, 6.07) is 6.54. The average Bonchev–Trinajstić information content (AvgIpc) is 2.64. The van der Waals surface area contributed by atoms with Crippen molar-refractivity contribution in [3.05, 3.63) is 42.0 Å². The third-order valence-corrected chi connectivity index (χ3v) is 2.69. The summed E-state index contributed by atoms with van der Waals surface area (Å²) in [5.74, 6) is 0. The van der Waals surface area contributed by atoms with Crippen molar-refractivity contribution in [3.63, 3.8) is 0 Å². The maximum Gasteiger partial charge on any atom is 0.0373 e. The van der Waals surface area contributed by atoms with Crippen LogP contribution in [0.15, 0.2) is 30.9 Å². The summed E-state index contributed by atoms with van der Waals surface area (Å²) in [4.78, 5) is 0. The molecule has 0 unspecified atom stereocenters. The van der Waals surface area contributed by atoms with E-state index in [0.29, 0.717) is 0 Å². The zero-order valence-electron chi connectivity index (χ0n) is 8.29. The van der Waals surface area contributed by atoms with Gasteiger partial charge in [-0.05, 0) is 30.0 Å². The molecule has 0 fully saturated rings. The normalized spacial score (nSPS) is 15.8. The Hall–Kier alpha value is -1.28. The largest absolute Gasteiger partial charge is 0.384 e. The summed E-state index contributed by atoms with van der Waals surface area (Å²) in [6.45, 7) is 4.76. The second-order valence-electron chi connectivity index (χ2n) is 3.72. The fourth-order valence-corrected chi connectivity index (χ4v) is 1.87. The molecule has 0 aliphatic carbocycles. The number of rotatable bonds is 3. The van der Waals surface area contributed by atoms with E-state index < -0.39 is 0 Å². The van der Waals surface area contributed by atoms with Crippen molar-refractivity contribution in [1.82, 2.24) is 0 Å². The number of benzene rings is 1. The highest BCUT2D eigenvalue weighted by atomic mass is 14.9. The van der Waals surface area contributed by atoms with Crippen LogP contribution in [0, 0.1) is 0 Å². The van der Waals surface area contributed by atoms with Gasteiger partial charge in [0.25, 0.3) is 0 Å². The predicted octanol–water partition coefficient (Wildman–Crippen LogP) is 2.23. The van der Waals surface area contributed by atoms with E-state index in [9.17, 15) is 0 Å². The van der Waals surface area contributed by atoms with Gasteiger partial charge in [-0.25, -0.2) is 0 Å². The first-order valence-electron chi connectivity index (χ1n) is 5.04. The number of hydrogen-bond donors (Lipinski definition) is 2. The van der Waals surface area contributed by atoms with E-state index in [-0.39, 0.29) is 6.04 Å². The van der Waals surface area contributed by atoms with Crippen LogP contribution in [0.5, 0.6) is 0 Å². The molecule has 2 nitrogen and oxygen atoms in total. The number of hydrogen-bond acceptors (Lipinski definition) is 2. The van der Waals surface area contributed by atoms with Gasteiger partial charge in [-0.3, -0.25) is 0 Å². The summed E-state index contributed by atoms with van der Waals surface area (Å²) in [5, 5.41) is 3.34. The van der Waals surface area contributed by atoms with Crippen LogP contribution in [0.25, 0.3) is 0 Å². The minimum Gasteiger partial charge on any atom is -0.384 e. The van der Waals surface area contributed by atoms with Crippen LogP contribution >= 0.6 is 0 Å². The number of fused-ring (bicyclic) bond motifs is 1. The van der Waals surface area contributed by atoms with Crippen LogP contribution in [-0.4, -0.2) is 6.54 Å². The van der Waals surface area contributed by atoms with Crippen molar-refractivity contribution >= 4 is 5.69 Å². The molecule has 0 spiro atoms. The van der Waals surface area contributed by atoms with E-state index in [1.54, 1.807) is 0 Å². The fourth-order valence-electron chi connectivity index (χ4n) is 1.87. The molecule has 3 N–H and O–H groups in total. The van der Waals surface area contributed by atoms with Crippen molar-refractivity contribution in [1.29, 1.82) is 0 Å². The Balaban J connectivity index is 2.23. The van der Waals surface area contributed by atoms with E-state index in [4.69, 9.17) is 5.73 Å². The molecule has 0 amide bonds. The van der Waals surface area contributed by atoms with Crippen molar-refractivity contribution in [2.24, 2.45) is 5.73 Å². The average molecular weight is 188 g/mol. The zero-order chi connectivity index (χ0) is 9.97. The molecule has 14 heavy (non-hydrogen) atoms. The minimum atomic E-state index is 0.0957. The second kappa shape index (κ2) is 3.84. The molecule has 0 bridgehead atoms. The molecule has 0 aromatic heterocycles. The molecule has 2 heteroatoms. The van der Waals surface area contributed by atoms with E-state index >= 15 is 0 Å². The molecule has 1 atom stereocenters. The van der Waals surface area contributed by atoms with E-state index in [1.165, 1.54) is 16.8 Å². The van der Waals surface area contributed by atoms with E-state index in [2.05, 4.69) is 30.1 Å². The van der Waals surface area contributed by atoms with Gasteiger partial charge in [-0.15, -0.1) is 6.58 Å². The van der Waals surface area contributed by atoms with Gasteiger partial charge in [-0.2, -0.15) is 0 Å². The number of anilines is 1. The molecule has 1 aromatic rings. The Morgan fingerprint density at radius 1 is 1.57 bits per heavy atom. The standard InChI is InChI=1S/C12H16N2/c1-2-3-11(13)9-4-5-12-10(8-9)6-7-14-12/h2,4-5,8,11,14H,1,3,6-7,13H2/t11-/m1/s1. The zero-order valence-corrected chi connectivity index (χ0v) is 8.29. The van der Waals surface area contributed by atoms with Crippen molar-refractivity contribution < 1.29 is 0 Å². The Morgan fingerprint density at radius 2 is 2.43 bits per heavy atom. The lowest BCUT2D eigenvalue weighted by Crippen LogP contribution is -2.09. The summed E-state index contributed by atoms with van der Waals surface area (Å²) in [5.41, 5.74) is 9.88. The third-order valence-electron chi connectivity index (χ3n) is 2.69.